The molecule has 0 aromatic rings. The monoisotopic (exact) mass is 177 g/mol. The normalized spacial score (nSPS) is 12.0. The van der Waals surface area contributed by atoms with Crippen LogP contribution in [0.5, 0.6) is 0 Å². The predicted octanol–water partition coefficient (Wildman–Crippen LogP) is 1.10. The minimum Gasteiger partial charge on any atom is -0.389 e. The van der Waals surface area contributed by atoms with Gasteiger partial charge in [0.25, 0.3) is 0 Å². The zero-order chi connectivity index (χ0) is 8.74. The van der Waals surface area contributed by atoms with Crippen molar-refractivity contribution in [2.45, 2.75) is 26.4 Å². The van der Waals surface area contributed by atoms with Crippen molar-refractivity contribution in [1.29, 1.82) is 0 Å². The van der Waals surface area contributed by atoms with Crippen molar-refractivity contribution in [1.82, 2.24) is 5.32 Å². The van der Waals surface area contributed by atoms with E-state index in [9.17, 15) is 5.11 Å². The van der Waals surface area contributed by atoms with E-state index in [1.165, 1.54) is 5.75 Å². The summed E-state index contributed by atoms with van der Waals surface area (Å²) in [5, 5.41) is 12.5. The Morgan fingerprint density at radius 1 is 1.45 bits per heavy atom. The van der Waals surface area contributed by atoms with E-state index in [0.29, 0.717) is 6.54 Å². The summed E-state index contributed by atoms with van der Waals surface area (Å²) >= 11 is 1.91. The number of aliphatic hydroxyl groups is 1. The minimum absolute atomic E-state index is 0.573. The van der Waals surface area contributed by atoms with Crippen LogP contribution in [-0.2, 0) is 0 Å². The van der Waals surface area contributed by atoms with Gasteiger partial charge >= 0.3 is 0 Å². The Hall–Kier alpha value is 0.270. The van der Waals surface area contributed by atoms with Crippen LogP contribution in [0.15, 0.2) is 0 Å². The number of rotatable bonds is 6. The Balaban J connectivity index is 3.02. The van der Waals surface area contributed by atoms with Crippen LogP contribution in [-0.4, -0.2) is 35.3 Å². The summed E-state index contributed by atoms with van der Waals surface area (Å²) in [4.78, 5) is 0. The molecule has 68 valence electrons. The maximum absolute atomic E-state index is 9.30. The van der Waals surface area contributed by atoms with Gasteiger partial charge in [-0.2, -0.15) is 11.8 Å². The van der Waals surface area contributed by atoms with Gasteiger partial charge in [0.05, 0.1) is 5.60 Å². The second-order valence-electron chi connectivity index (χ2n) is 3.19. The fourth-order valence-corrected chi connectivity index (χ4v) is 1.26. The van der Waals surface area contributed by atoms with Gasteiger partial charge in [-0.1, -0.05) is 6.92 Å². The zero-order valence-electron chi connectivity index (χ0n) is 7.68. The molecule has 0 saturated carbocycles. The van der Waals surface area contributed by atoms with E-state index in [0.717, 1.165) is 12.3 Å². The minimum atomic E-state index is -0.573. The standard InChI is InChI=1S/C8H19NOS/c1-4-11-6-5-9-7-8(2,3)10/h9-10H,4-7H2,1-3H3. The summed E-state index contributed by atoms with van der Waals surface area (Å²) in [5.41, 5.74) is -0.573. The molecule has 0 aromatic heterocycles. The molecule has 0 aromatic carbocycles. The molecule has 0 aliphatic heterocycles. The highest BCUT2D eigenvalue weighted by Crippen LogP contribution is 1.98. The summed E-state index contributed by atoms with van der Waals surface area (Å²) in [6, 6.07) is 0. The van der Waals surface area contributed by atoms with Crippen LogP contribution in [0, 0.1) is 0 Å². The Morgan fingerprint density at radius 2 is 2.09 bits per heavy atom. The van der Waals surface area contributed by atoms with Crippen LogP contribution < -0.4 is 5.32 Å². The van der Waals surface area contributed by atoms with Gasteiger partial charge in [-0.25, -0.2) is 0 Å². The van der Waals surface area contributed by atoms with Crippen molar-refractivity contribution >= 4 is 11.8 Å². The van der Waals surface area contributed by atoms with Crippen molar-refractivity contribution in [2.75, 3.05) is 24.6 Å². The van der Waals surface area contributed by atoms with E-state index in [-0.39, 0.29) is 0 Å². The first-order valence-corrected chi connectivity index (χ1v) is 5.22. The molecule has 0 atom stereocenters. The lowest BCUT2D eigenvalue weighted by Gasteiger charge is -2.17. The van der Waals surface area contributed by atoms with Crippen LogP contribution >= 0.6 is 11.8 Å². The van der Waals surface area contributed by atoms with E-state index in [2.05, 4.69) is 12.2 Å². The first-order chi connectivity index (χ1) is 5.06. The lowest BCUT2D eigenvalue weighted by atomic mass is 10.1. The first-order valence-electron chi connectivity index (χ1n) is 4.07. The quantitative estimate of drug-likeness (QED) is 0.596. The van der Waals surface area contributed by atoms with Crippen LogP contribution in [0.1, 0.15) is 20.8 Å². The summed E-state index contributed by atoms with van der Waals surface area (Å²) in [6.45, 7) is 7.44. The second kappa shape index (κ2) is 5.86. The van der Waals surface area contributed by atoms with Crippen LogP contribution in [0.2, 0.25) is 0 Å². The lowest BCUT2D eigenvalue weighted by molar-refractivity contribution is 0.0806. The predicted molar refractivity (Wildman–Crippen MR) is 52.2 cm³/mol. The number of thioether (sulfide) groups is 1. The van der Waals surface area contributed by atoms with E-state index in [1.807, 2.05) is 25.6 Å². The fourth-order valence-electron chi connectivity index (χ4n) is 0.683. The fraction of sp³-hybridized carbons (Fsp3) is 1.00. The maximum atomic E-state index is 9.30. The van der Waals surface area contributed by atoms with Crippen molar-refractivity contribution in [2.24, 2.45) is 0 Å². The molecule has 11 heavy (non-hydrogen) atoms. The Bertz CT molecular complexity index is 90.6. The topological polar surface area (TPSA) is 32.3 Å². The average Bonchev–Trinajstić information content (AvgIpc) is 1.85. The summed E-state index contributed by atoms with van der Waals surface area (Å²) in [5.74, 6) is 2.30. The average molecular weight is 177 g/mol. The molecule has 0 rings (SSSR count). The molecule has 0 radical (unpaired) electrons. The largest absolute Gasteiger partial charge is 0.389 e. The summed E-state index contributed by atoms with van der Waals surface area (Å²) < 4.78 is 0. The molecule has 2 nitrogen and oxygen atoms in total. The van der Waals surface area contributed by atoms with Gasteiger partial charge in [-0.15, -0.1) is 0 Å². The molecule has 3 heteroatoms. The van der Waals surface area contributed by atoms with Crippen molar-refractivity contribution < 1.29 is 5.11 Å². The first kappa shape index (κ1) is 11.3. The third-order valence-electron chi connectivity index (χ3n) is 1.18. The van der Waals surface area contributed by atoms with Crippen molar-refractivity contribution in [3.63, 3.8) is 0 Å². The summed E-state index contributed by atoms with van der Waals surface area (Å²) in [7, 11) is 0. The molecule has 0 aliphatic carbocycles. The highest BCUT2D eigenvalue weighted by molar-refractivity contribution is 7.99. The Kier molecular flexibility index (Phi) is 6.01. The van der Waals surface area contributed by atoms with Gasteiger partial charge < -0.3 is 10.4 Å². The molecule has 0 heterocycles. The molecule has 0 saturated heterocycles. The zero-order valence-corrected chi connectivity index (χ0v) is 8.50. The molecular weight excluding hydrogens is 158 g/mol. The van der Waals surface area contributed by atoms with E-state index in [4.69, 9.17) is 0 Å². The highest BCUT2D eigenvalue weighted by atomic mass is 32.2. The van der Waals surface area contributed by atoms with Gasteiger partial charge in [0.2, 0.25) is 0 Å². The van der Waals surface area contributed by atoms with Gasteiger partial charge in [0, 0.05) is 18.8 Å². The summed E-state index contributed by atoms with van der Waals surface area (Å²) in [6.07, 6.45) is 0. The molecule has 2 N–H and O–H groups in total. The maximum Gasteiger partial charge on any atom is 0.0715 e. The van der Waals surface area contributed by atoms with Gasteiger partial charge in [0.1, 0.15) is 0 Å². The van der Waals surface area contributed by atoms with Crippen molar-refractivity contribution in [3.05, 3.63) is 0 Å². The molecular formula is C8H19NOS. The van der Waals surface area contributed by atoms with Crippen LogP contribution in [0.3, 0.4) is 0 Å². The SMILES string of the molecule is CCSCCNCC(C)(C)O. The second-order valence-corrected chi connectivity index (χ2v) is 4.58. The van der Waals surface area contributed by atoms with E-state index in [1.54, 1.807) is 0 Å². The number of hydrogen-bond acceptors (Lipinski definition) is 3. The molecule has 0 spiro atoms. The van der Waals surface area contributed by atoms with Gasteiger partial charge in [0.15, 0.2) is 0 Å². The number of nitrogens with one attached hydrogen (secondary N) is 1. The van der Waals surface area contributed by atoms with Crippen LogP contribution in [0.25, 0.3) is 0 Å². The molecule has 0 fully saturated rings. The highest BCUT2D eigenvalue weighted by Gasteiger charge is 2.10. The van der Waals surface area contributed by atoms with Crippen LogP contribution in [0.4, 0.5) is 0 Å². The Morgan fingerprint density at radius 3 is 2.55 bits per heavy atom. The van der Waals surface area contributed by atoms with Crippen molar-refractivity contribution in [3.8, 4) is 0 Å². The van der Waals surface area contributed by atoms with E-state index < -0.39 is 5.60 Å². The Labute approximate surface area is 73.8 Å². The third kappa shape index (κ3) is 10.3. The molecule has 0 unspecified atom stereocenters. The van der Waals surface area contributed by atoms with Gasteiger partial charge in [-0.3, -0.25) is 0 Å². The molecule has 0 amide bonds. The van der Waals surface area contributed by atoms with Gasteiger partial charge in [-0.05, 0) is 19.6 Å². The molecule has 0 aliphatic rings. The lowest BCUT2D eigenvalue weighted by Crippen LogP contribution is -2.35. The third-order valence-corrected chi connectivity index (χ3v) is 2.09. The smallest absolute Gasteiger partial charge is 0.0715 e. The van der Waals surface area contributed by atoms with E-state index >= 15 is 0 Å². The molecule has 0 bridgehead atoms. The number of hydrogen-bond donors (Lipinski definition) is 2.